The number of sulfonamides is 1. The summed E-state index contributed by atoms with van der Waals surface area (Å²) in [5.41, 5.74) is 1.73. The normalized spacial score (nSPS) is 17.2. The van der Waals surface area contributed by atoms with Gasteiger partial charge in [0.05, 0.1) is 12.0 Å². The number of benzene rings is 1. The van der Waals surface area contributed by atoms with Crippen molar-refractivity contribution < 1.29 is 13.2 Å². The molecule has 0 heterocycles. The third-order valence-corrected chi connectivity index (χ3v) is 6.49. The molecule has 2 rings (SSSR count). The lowest BCUT2D eigenvalue weighted by molar-refractivity contribution is 0.285. The van der Waals surface area contributed by atoms with Crippen LogP contribution in [0, 0.1) is 13.8 Å². The fourth-order valence-corrected chi connectivity index (χ4v) is 4.74. The fraction of sp³-hybridized carbons (Fsp3) is 0.625. The molecule has 0 spiro atoms. The second-order valence-corrected chi connectivity index (χ2v) is 7.87. The molecule has 1 aliphatic carbocycles. The molecule has 1 aliphatic rings. The Bertz CT molecular complexity index is 604. The molecule has 0 atom stereocenters. The Labute approximate surface area is 128 Å². The molecule has 4 nitrogen and oxygen atoms in total. The Morgan fingerprint density at radius 1 is 1.10 bits per heavy atom. The molecule has 0 amide bonds. The van der Waals surface area contributed by atoms with Gasteiger partial charge in [0.25, 0.3) is 0 Å². The van der Waals surface area contributed by atoms with Crippen molar-refractivity contribution in [3.8, 4) is 5.75 Å². The summed E-state index contributed by atoms with van der Waals surface area (Å²) in [7, 11) is -0.191. The second-order valence-electron chi connectivity index (χ2n) is 5.90. The van der Waals surface area contributed by atoms with E-state index < -0.39 is 10.0 Å². The predicted molar refractivity (Wildman–Crippen MR) is 84.3 cm³/mol. The van der Waals surface area contributed by atoms with E-state index in [0.717, 1.165) is 36.8 Å². The van der Waals surface area contributed by atoms with E-state index in [4.69, 9.17) is 4.74 Å². The number of aryl methyl sites for hydroxylation is 2. The van der Waals surface area contributed by atoms with Crippen LogP contribution in [0.3, 0.4) is 0 Å². The first-order chi connectivity index (χ1) is 9.87. The molecule has 0 aliphatic heterocycles. The lowest BCUT2D eigenvalue weighted by Crippen LogP contribution is -2.38. The van der Waals surface area contributed by atoms with E-state index in [1.165, 1.54) is 6.42 Å². The van der Waals surface area contributed by atoms with Crippen LogP contribution in [0.2, 0.25) is 0 Å². The van der Waals surface area contributed by atoms with E-state index in [1.54, 1.807) is 24.5 Å². The third kappa shape index (κ3) is 3.24. The largest absolute Gasteiger partial charge is 0.496 e. The van der Waals surface area contributed by atoms with Gasteiger partial charge in [-0.2, -0.15) is 4.31 Å². The van der Waals surface area contributed by atoms with Crippen molar-refractivity contribution in [2.45, 2.75) is 56.9 Å². The number of rotatable bonds is 4. The quantitative estimate of drug-likeness (QED) is 0.857. The average Bonchev–Trinajstić information content (AvgIpc) is 2.47. The Kier molecular flexibility index (Phi) is 4.94. The van der Waals surface area contributed by atoms with Gasteiger partial charge in [-0.15, -0.1) is 0 Å². The Hall–Kier alpha value is -1.07. The van der Waals surface area contributed by atoms with Crippen LogP contribution < -0.4 is 4.74 Å². The van der Waals surface area contributed by atoms with Crippen molar-refractivity contribution in [1.29, 1.82) is 0 Å². The van der Waals surface area contributed by atoms with E-state index in [-0.39, 0.29) is 6.04 Å². The van der Waals surface area contributed by atoms with Crippen LogP contribution >= 0.6 is 0 Å². The smallest absolute Gasteiger partial charge is 0.243 e. The standard InChI is InChI=1S/C16H25NO3S/c1-12-10-13(2)16(11-15(12)20-4)21(18,19)17(3)14-8-6-5-7-9-14/h10-11,14H,5-9H2,1-4H3. The number of hydrogen-bond acceptors (Lipinski definition) is 3. The summed E-state index contributed by atoms with van der Waals surface area (Å²) in [6.45, 7) is 3.76. The average molecular weight is 311 g/mol. The molecule has 1 aromatic rings. The predicted octanol–water partition coefficient (Wildman–Crippen LogP) is 3.27. The third-order valence-electron chi connectivity index (χ3n) is 4.44. The maximum Gasteiger partial charge on any atom is 0.243 e. The van der Waals surface area contributed by atoms with Gasteiger partial charge in [-0.3, -0.25) is 0 Å². The summed E-state index contributed by atoms with van der Waals surface area (Å²) in [4.78, 5) is 0.359. The SMILES string of the molecule is COc1cc(S(=O)(=O)N(C)C2CCCCC2)c(C)cc1C. The van der Waals surface area contributed by atoms with E-state index in [0.29, 0.717) is 10.6 Å². The van der Waals surface area contributed by atoms with Crippen molar-refractivity contribution in [2.24, 2.45) is 0 Å². The zero-order valence-corrected chi connectivity index (χ0v) is 14.2. The molecule has 0 saturated heterocycles. The molecular weight excluding hydrogens is 286 g/mol. The molecule has 0 N–H and O–H groups in total. The zero-order chi connectivity index (χ0) is 15.6. The molecule has 5 heteroatoms. The fourth-order valence-electron chi connectivity index (χ4n) is 3.11. The Balaban J connectivity index is 2.38. The summed E-state index contributed by atoms with van der Waals surface area (Å²) in [6, 6.07) is 3.65. The summed E-state index contributed by atoms with van der Waals surface area (Å²) in [6.07, 6.45) is 5.35. The second kappa shape index (κ2) is 6.36. The van der Waals surface area contributed by atoms with E-state index in [2.05, 4.69) is 0 Å². The first-order valence-electron chi connectivity index (χ1n) is 7.51. The zero-order valence-electron chi connectivity index (χ0n) is 13.3. The lowest BCUT2D eigenvalue weighted by atomic mass is 9.96. The first kappa shape index (κ1) is 16.3. The summed E-state index contributed by atoms with van der Waals surface area (Å²) in [5.74, 6) is 0.621. The molecule has 0 unspecified atom stereocenters. The number of hydrogen-bond donors (Lipinski definition) is 0. The minimum Gasteiger partial charge on any atom is -0.496 e. The van der Waals surface area contributed by atoms with Crippen molar-refractivity contribution in [3.63, 3.8) is 0 Å². The highest BCUT2D eigenvalue weighted by molar-refractivity contribution is 7.89. The van der Waals surface area contributed by atoms with Gasteiger partial charge in [0.15, 0.2) is 0 Å². The van der Waals surface area contributed by atoms with Crippen LogP contribution in [0.1, 0.15) is 43.2 Å². The van der Waals surface area contributed by atoms with Gasteiger partial charge in [0.1, 0.15) is 5.75 Å². The van der Waals surface area contributed by atoms with Crippen LogP contribution in [0.25, 0.3) is 0 Å². The highest BCUT2D eigenvalue weighted by Crippen LogP contribution is 2.31. The maximum absolute atomic E-state index is 12.9. The van der Waals surface area contributed by atoms with Crippen LogP contribution in [-0.4, -0.2) is 32.9 Å². The van der Waals surface area contributed by atoms with Gasteiger partial charge in [0, 0.05) is 19.2 Å². The van der Waals surface area contributed by atoms with Crippen LogP contribution in [0.4, 0.5) is 0 Å². The van der Waals surface area contributed by atoms with Crippen molar-refractivity contribution in [1.82, 2.24) is 4.31 Å². The molecule has 0 radical (unpaired) electrons. The lowest BCUT2D eigenvalue weighted by Gasteiger charge is -2.31. The topological polar surface area (TPSA) is 46.6 Å². The van der Waals surface area contributed by atoms with Crippen molar-refractivity contribution in [2.75, 3.05) is 14.2 Å². The summed E-state index contributed by atoms with van der Waals surface area (Å²) in [5, 5.41) is 0. The van der Waals surface area contributed by atoms with Gasteiger partial charge >= 0.3 is 0 Å². The van der Waals surface area contributed by atoms with Gasteiger partial charge in [0.2, 0.25) is 10.0 Å². The molecule has 21 heavy (non-hydrogen) atoms. The number of nitrogens with zero attached hydrogens (tertiary/aromatic N) is 1. The van der Waals surface area contributed by atoms with Crippen LogP contribution in [0.15, 0.2) is 17.0 Å². The molecular formula is C16H25NO3S. The summed E-state index contributed by atoms with van der Waals surface area (Å²) < 4.78 is 32.6. The monoisotopic (exact) mass is 311 g/mol. The molecule has 1 aromatic carbocycles. The van der Waals surface area contributed by atoms with Gasteiger partial charge < -0.3 is 4.74 Å². The summed E-state index contributed by atoms with van der Waals surface area (Å²) >= 11 is 0. The molecule has 0 bridgehead atoms. The molecule has 0 aromatic heterocycles. The molecule has 1 fully saturated rings. The molecule has 118 valence electrons. The van der Waals surface area contributed by atoms with Gasteiger partial charge in [-0.1, -0.05) is 25.3 Å². The van der Waals surface area contributed by atoms with Crippen LogP contribution in [-0.2, 0) is 10.0 Å². The minimum atomic E-state index is -3.47. The van der Waals surface area contributed by atoms with Gasteiger partial charge in [-0.05, 0) is 37.8 Å². The maximum atomic E-state index is 12.9. The number of methoxy groups -OCH3 is 1. The number of ether oxygens (including phenoxy) is 1. The van der Waals surface area contributed by atoms with E-state index in [9.17, 15) is 8.42 Å². The van der Waals surface area contributed by atoms with Crippen LogP contribution in [0.5, 0.6) is 5.75 Å². The van der Waals surface area contributed by atoms with E-state index >= 15 is 0 Å². The molecule has 1 saturated carbocycles. The Morgan fingerprint density at radius 3 is 2.29 bits per heavy atom. The Morgan fingerprint density at radius 2 is 1.71 bits per heavy atom. The van der Waals surface area contributed by atoms with E-state index in [1.807, 2.05) is 19.9 Å². The first-order valence-corrected chi connectivity index (χ1v) is 8.95. The van der Waals surface area contributed by atoms with Crippen molar-refractivity contribution >= 4 is 10.0 Å². The highest BCUT2D eigenvalue weighted by Gasteiger charge is 2.30. The highest BCUT2D eigenvalue weighted by atomic mass is 32.2. The van der Waals surface area contributed by atoms with Gasteiger partial charge in [-0.25, -0.2) is 8.42 Å². The minimum absolute atomic E-state index is 0.121. The van der Waals surface area contributed by atoms with Crippen molar-refractivity contribution in [3.05, 3.63) is 23.3 Å².